The minimum atomic E-state index is 0.718. The molecule has 1 aromatic rings. The van der Waals surface area contributed by atoms with E-state index in [1.807, 2.05) is 12.1 Å². The third-order valence-corrected chi connectivity index (χ3v) is 5.59. The van der Waals surface area contributed by atoms with Gasteiger partial charge in [-0.25, -0.2) is 0 Å². The molecule has 23 heavy (non-hydrogen) atoms. The van der Waals surface area contributed by atoms with Gasteiger partial charge in [-0.05, 0) is 61.9 Å². The maximum atomic E-state index is 5.98. The minimum absolute atomic E-state index is 0.718. The van der Waals surface area contributed by atoms with Gasteiger partial charge in [-0.2, -0.15) is 0 Å². The number of hydrogen-bond donors (Lipinski definition) is 1. The van der Waals surface area contributed by atoms with Gasteiger partial charge in [0.05, 0.1) is 32.7 Å². The Bertz CT molecular complexity index is 568. The molecule has 1 aliphatic carbocycles. The molecular weight excluding hydrogens is 304 g/mol. The summed E-state index contributed by atoms with van der Waals surface area (Å²) in [6.45, 7) is 12.2. The van der Waals surface area contributed by atoms with Crippen LogP contribution in [0.4, 0.5) is 5.69 Å². The number of halogens is 1. The van der Waals surface area contributed by atoms with Crippen molar-refractivity contribution in [2.75, 3.05) is 37.6 Å². The second-order valence-electron chi connectivity index (χ2n) is 7.07. The van der Waals surface area contributed by atoms with Gasteiger partial charge in [-0.3, -0.25) is 0 Å². The average molecular weight is 332 g/mol. The van der Waals surface area contributed by atoms with Crippen LogP contribution in [0.5, 0.6) is 0 Å². The highest BCUT2D eigenvalue weighted by molar-refractivity contribution is 6.30. The average Bonchev–Trinajstić information content (AvgIpc) is 2.57. The van der Waals surface area contributed by atoms with E-state index < -0.39 is 0 Å². The van der Waals surface area contributed by atoms with E-state index in [-0.39, 0.29) is 0 Å². The Morgan fingerprint density at radius 2 is 1.96 bits per heavy atom. The molecule has 0 spiro atoms. The van der Waals surface area contributed by atoms with Crippen molar-refractivity contribution in [2.24, 2.45) is 5.92 Å². The Morgan fingerprint density at radius 1 is 1.26 bits per heavy atom. The first-order chi connectivity index (χ1) is 11.1. The molecule has 1 N–H and O–H groups in total. The molecule has 0 aromatic heterocycles. The zero-order valence-electron chi connectivity index (χ0n) is 14.2. The first-order valence-corrected chi connectivity index (χ1v) is 9.17. The lowest BCUT2D eigenvalue weighted by Crippen LogP contribution is -3.15. The van der Waals surface area contributed by atoms with E-state index in [2.05, 4.69) is 36.6 Å². The van der Waals surface area contributed by atoms with E-state index >= 15 is 0 Å². The lowest BCUT2D eigenvalue weighted by Gasteiger charge is -2.34. The Kier molecular flexibility index (Phi) is 5.45. The molecule has 1 saturated heterocycles. The lowest BCUT2D eigenvalue weighted by molar-refractivity contribution is -0.895. The fourth-order valence-electron chi connectivity index (χ4n) is 3.73. The number of rotatable bonds is 4. The summed E-state index contributed by atoms with van der Waals surface area (Å²) in [6.07, 6.45) is 6.25. The van der Waals surface area contributed by atoms with Gasteiger partial charge in [-0.1, -0.05) is 29.8 Å². The van der Waals surface area contributed by atoms with Gasteiger partial charge < -0.3 is 9.80 Å². The van der Waals surface area contributed by atoms with Crippen molar-refractivity contribution in [2.45, 2.75) is 26.2 Å². The number of hydrogen-bond acceptors (Lipinski definition) is 1. The van der Waals surface area contributed by atoms with Crippen molar-refractivity contribution < 1.29 is 4.90 Å². The maximum Gasteiger partial charge on any atom is 0.0988 e. The summed E-state index contributed by atoms with van der Waals surface area (Å²) in [5.74, 6) is 0.718. The van der Waals surface area contributed by atoms with E-state index in [4.69, 9.17) is 11.6 Å². The third-order valence-electron chi connectivity index (χ3n) is 5.34. The van der Waals surface area contributed by atoms with Crippen molar-refractivity contribution in [3.05, 3.63) is 53.1 Å². The van der Waals surface area contributed by atoms with Crippen LogP contribution in [0.3, 0.4) is 0 Å². The fourth-order valence-corrected chi connectivity index (χ4v) is 3.85. The first kappa shape index (κ1) is 16.6. The predicted molar refractivity (Wildman–Crippen MR) is 99.5 cm³/mol. The molecule has 1 atom stereocenters. The number of anilines is 1. The number of allylic oxidation sites excluding steroid dienone is 2. The van der Waals surface area contributed by atoms with Crippen LogP contribution in [-0.4, -0.2) is 32.7 Å². The summed E-state index contributed by atoms with van der Waals surface area (Å²) in [5, 5.41) is 0.815. The normalized spacial score (nSPS) is 22.8. The summed E-state index contributed by atoms with van der Waals surface area (Å²) in [5.41, 5.74) is 4.32. The minimum Gasteiger partial charge on any atom is -0.360 e. The SMILES string of the molecule is C=C(C)[C@@H]1CC=C(C[NH+]2CCN(c3ccc(Cl)cc3)CC2)CC1. The van der Waals surface area contributed by atoms with Gasteiger partial charge >= 0.3 is 0 Å². The molecule has 0 saturated carbocycles. The van der Waals surface area contributed by atoms with E-state index in [9.17, 15) is 0 Å². The summed E-state index contributed by atoms with van der Waals surface area (Å²) < 4.78 is 0. The molecule has 124 valence electrons. The number of piperazine rings is 1. The van der Waals surface area contributed by atoms with Crippen LogP contribution in [-0.2, 0) is 0 Å². The fraction of sp³-hybridized carbons (Fsp3) is 0.500. The van der Waals surface area contributed by atoms with E-state index in [0.717, 1.165) is 24.0 Å². The Morgan fingerprint density at radius 3 is 2.52 bits per heavy atom. The molecule has 0 amide bonds. The molecule has 1 aliphatic heterocycles. The van der Waals surface area contributed by atoms with Crippen LogP contribution < -0.4 is 9.80 Å². The Hall–Kier alpha value is -1.25. The number of nitrogens with one attached hydrogen (secondary N) is 1. The van der Waals surface area contributed by atoms with Crippen molar-refractivity contribution in [3.8, 4) is 0 Å². The van der Waals surface area contributed by atoms with Crippen molar-refractivity contribution in [3.63, 3.8) is 0 Å². The topological polar surface area (TPSA) is 7.68 Å². The van der Waals surface area contributed by atoms with Crippen LogP contribution in [0, 0.1) is 5.92 Å². The Balaban J connectivity index is 1.48. The molecule has 3 rings (SSSR count). The van der Waals surface area contributed by atoms with Crippen LogP contribution in [0.2, 0.25) is 5.02 Å². The van der Waals surface area contributed by atoms with Gasteiger partial charge in [0.2, 0.25) is 0 Å². The largest absolute Gasteiger partial charge is 0.360 e. The summed E-state index contributed by atoms with van der Waals surface area (Å²) in [7, 11) is 0. The number of quaternary nitrogens is 1. The zero-order valence-corrected chi connectivity index (χ0v) is 14.9. The molecule has 2 aliphatic rings. The molecule has 0 bridgehead atoms. The third kappa shape index (κ3) is 4.39. The Labute approximate surface area is 145 Å². The molecule has 1 heterocycles. The number of benzene rings is 1. The number of nitrogens with zero attached hydrogens (tertiary/aromatic N) is 1. The molecular formula is C20H28ClN2+. The van der Waals surface area contributed by atoms with Crippen molar-refractivity contribution in [1.29, 1.82) is 0 Å². The quantitative estimate of drug-likeness (QED) is 0.831. The predicted octanol–water partition coefficient (Wildman–Crippen LogP) is 3.35. The highest BCUT2D eigenvalue weighted by atomic mass is 35.5. The van der Waals surface area contributed by atoms with Crippen molar-refractivity contribution in [1.82, 2.24) is 0 Å². The van der Waals surface area contributed by atoms with Crippen molar-refractivity contribution >= 4 is 17.3 Å². The highest BCUT2D eigenvalue weighted by Gasteiger charge is 2.23. The lowest BCUT2D eigenvalue weighted by atomic mass is 9.85. The van der Waals surface area contributed by atoms with E-state index in [1.165, 1.54) is 50.2 Å². The first-order valence-electron chi connectivity index (χ1n) is 8.79. The zero-order chi connectivity index (χ0) is 16.2. The van der Waals surface area contributed by atoms with Gasteiger partial charge in [0.1, 0.15) is 0 Å². The second-order valence-corrected chi connectivity index (χ2v) is 7.51. The van der Waals surface area contributed by atoms with Gasteiger partial charge in [-0.15, -0.1) is 0 Å². The van der Waals surface area contributed by atoms with E-state index in [1.54, 1.807) is 10.5 Å². The second kappa shape index (κ2) is 7.55. The summed E-state index contributed by atoms with van der Waals surface area (Å²) in [6, 6.07) is 8.24. The molecule has 3 heteroatoms. The highest BCUT2D eigenvalue weighted by Crippen LogP contribution is 2.27. The monoisotopic (exact) mass is 331 g/mol. The van der Waals surface area contributed by atoms with Crippen LogP contribution in [0.25, 0.3) is 0 Å². The molecule has 1 aromatic carbocycles. The van der Waals surface area contributed by atoms with Crippen LogP contribution in [0.15, 0.2) is 48.1 Å². The molecule has 0 unspecified atom stereocenters. The smallest absolute Gasteiger partial charge is 0.0988 e. The summed E-state index contributed by atoms with van der Waals surface area (Å²) in [4.78, 5) is 4.21. The van der Waals surface area contributed by atoms with Crippen LogP contribution in [0.1, 0.15) is 26.2 Å². The molecule has 0 radical (unpaired) electrons. The van der Waals surface area contributed by atoms with Crippen LogP contribution >= 0.6 is 11.6 Å². The van der Waals surface area contributed by atoms with E-state index in [0.29, 0.717) is 0 Å². The van der Waals surface area contributed by atoms with Gasteiger partial charge in [0, 0.05) is 10.7 Å². The van der Waals surface area contributed by atoms with Gasteiger partial charge in [0.25, 0.3) is 0 Å². The summed E-state index contributed by atoms with van der Waals surface area (Å²) >= 11 is 5.98. The molecule has 1 fully saturated rings. The van der Waals surface area contributed by atoms with Gasteiger partial charge in [0.15, 0.2) is 0 Å². The molecule has 2 nitrogen and oxygen atoms in total. The maximum absolute atomic E-state index is 5.98. The standard InChI is InChI=1S/C20H27ClN2/c1-16(2)18-5-3-17(4-6-18)15-22-11-13-23(14-12-22)20-9-7-19(21)8-10-20/h3,7-10,18H,1,4-6,11-15H2,2H3/p+1/t18-/m1/s1.